The van der Waals surface area contributed by atoms with Gasteiger partial charge in [0.25, 0.3) is 0 Å². The Morgan fingerprint density at radius 3 is 0.458 bits per heavy atom. The Morgan fingerprint density at radius 2 is 0.300 bits per heavy atom. The minimum atomic E-state index is 0.751. The molecule has 3 aromatic heterocycles. The zero-order valence-corrected chi connectivity index (χ0v) is 83.4. The lowest BCUT2D eigenvalue weighted by Crippen LogP contribution is -1.92. The zero-order chi connectivity index (χ0) is 84.1. The molecule has 9 rings (SSSR count). The van der Waals surface area contributed by atoms with Crippen LogP contribution in [0.15, 0.2) is 87.7 Å². The van der Waals surface area contributed by atoms with Crippen molar-refractivity contribution in [3.05, 3.63) is 48.5 Å². The van der Waals surface area contributed by atoms with Crippen LogP contribution in [-0.2, 0) is 0 Å². The first-order valence-electron chi connectivity index (χ1n) is 49.9. The second-order valence-corrected chi connectivity index (χ2v) is 43.7. The lowest BCUT2D eigenvalue weighted by Gasteiger charge is -2.13. The van der Waals surface area contributed by atoms with Crippen molar-refractivity contribution >= 4 is 138 Å². The van der Waals surface area contributed by atoms with Gasteiger partial charge in [-0.25, -0.2) is 29.9 Å². The first kappa shape index (κ1) is 101. The van der Waals surface area contributed by atoms with Crippen molar-refractivity contribution in [3.63, 3.8) is 0 Å². The molecule has 0 atom stereocenters. The van der Waals surface area contributed by atoms with E-state index in [2.05, 4.69) is 114 Å². The molecule has 8 nitrogen and oxygen atoms in total. The van der Waals surface area contributed by atoms with Gasteiger partial charge in [0, 0.05) is 83.0 Å². The summed E-state index contributed by atoms with van der Waals surface area (Å²) in [6.45, 7) is 18.6. The largest absolute Gasteiger partial charge is 0.324 e. The Balaban J connectivity index is 1.37. The molecule has 2 aliphatic heterocycles. The average Bonchev–Trinajstić information content (AvgIpc) is 1.57. The SMILES string of the molecule is CCCCCCCCCSc1ccc(SCCCCCCCCC)c2c1-c1nc-2nc2[nH]c(nc3nc(nc4[nH]c(n1)c1c(SCCCCCCCCC)ccc(SCCCCCCCCC)c41)-c1c(SCCCCCCCCC)ccc(SCCCCCCCCC)c1-3)c1c(SCCCCCCCCC)ccc(SCCCCCCCCC)c21. The van der Waals surface area contributed by atoms with E-state index in [1.54, 1.807) is 0 Å². The van der Waals surface area contributed by atoms with Gasteiger partial charge in [-0.2, -0.15) is 0 Å². The summed E-state index contributed by atoms with van der Waals surface area (Å²) in [4.78, 5) is 55.3. The summed E-state index contributed by atoms with van der Waals surface area (Å²) in [5.41, 5.74) is 7.90. The van der Waals surface area contributed by atoms with Crippen LogP contribution < -0.4 is 0 Å². The fourth-order valence-corrected chi connectivity index (χ4v) is 25.5. The van der Waals surface area contributed by atoms with Gasteiger partial charge in [0.1, 0.15) is 22.6 Å². The van der Waals surface area contributed by atoms with Crippen molar-refractivity contribution in [1.29, 1.82) is 0 Å². The van der Waals surface area contributed by atoms with Crippen LogP contribution >= 0.6 is 94.1 Å². The van der Waals surface area contributed by atoms with Gasteiger partial charge in [0.2, 0.25) is 0 Å². The molecule has 0 saturated carbocycles. The highest BCUT2D eigenvalue weighted by Gasteiger charge is 2.31. The third kappa shape index (κ3) is 34.2. The number of nitrogens with one attached hydrogen (secondary N) is 2. The van der Waals surface area contributed by atoms with E-state index < -0.39 is 0 Å². The minimum absolute atomic E-state index is 0.751. The molecule has 0 radical (unpaired) electrons. The number of fused-ring (bicyclic) bond motifs is 20. The number of hydrogen-bond acceptors (Lipinski definition) is 14. The molecule has 666 valence electrons. The standard InChI is InChI=1S/C104H162N8S8/c1-9-17-25-33-41-49-57-73-113-81-65-66-82(114-74-58-50-42-34-26-18-10-2)90-89(81)97-105-98(90)110-100-93-85(117-77-61-53-45-37-29-21-13-5)69-70-86(118-78-62-54-46-38-30-22-14-6)94(93)102(107-100)112-104-96-88(120-80-64-56-48-40-32-24-16-8)72-71-87(119-79-63-55-47-39-31-23-15-7)95(96)103(108-104)111-101-92-84(116-76-60-52-44-36-28-20-12-4)68-67-83(91(92)99(106-101)109-97)115-75-59-51-43-35-27-19-11-3/h65-72H,9-64,73-80H2,1-8H3,(H2,105,106,107,108,109,110,111,112). The molecule has 0 fully saturated rings. The number of nitrogens with zero attached hydrogens (tertiary/aromatic N) is 6. The molecule has 0 amide bonds. The summed E-state index contributed by atoms with van der Waals surface area (Å²) in [5, 5.41) is 4.65. The number of aromatic nitrogens is 8. The summed E-state index contributed by atoms with van der Waals surface area (Å²) >= 11 is 16.2. The summed E-state index contributed by atoms with van der Waals surface area (Å²) in [6.07, 6.45) is 72.0. The topological polar surface area (TPSA) is 109 Å². The smallest absolute Gasteiger partial charge is 0.165 e. The number of unbranched alkanes of at least 4 members (excludes halogenated alkanes) is 48. The van der Waals surface area contributed by atoms with Crippen LogP contribution in [0.2, 0.25) is 0 Å². The Bertz CT molecular complexity index is 3640. The maximum absolute atomic E-state index is 6.19. The van der Waals surface area contributed by atoms with E-state index in [9.17, 15) is 0 Å². The molecule has 4 aromatic carbocycles. The highest BCUT2D eigenvalue weighted by molar-refractivity contribution is 8.01. The second-order valence-electron chi connectivity index (χ2n) is 34.6. The quantitative estimate of drug-likeness (QED) is 0.0279. The lowest BCUT2D eigenvalue weighted by molar-refractivity contribution is 0.603. The first-order valence-corrected chi connectivity index (χ1v) is 57.8. The number of hydrogen-bond donors (Lipinski definition) is 2. The van der Waals surface area contributed by atoms with Gasteiger partial charge in [0.15, 0.2) is 23.3 Å². The van der Waals surface area contributed by atoms with Crippen molar-refractivity contribution in [3.8, 4) is 45.6 Å². The molecule has 5 heterocycles. The normalized spacial score (nSPS) is 12.1. The van der Waals surface area contributed by atoms with Crippen molar-refractivity contribution < 1.29 is 0 Å². The fraction of sp³-hybridized carbons (Fsp3) is 0.692. The van der Waals surface area contributed by atoms with Gasteiger partial charge in [-0.15, -0.1) is 94.1 Å². The van der Waals surface area contributed by atoms with E-state index >= 15 is 0 Å². The van der Waals surface area contributed by atoms with Gasteiger partial charge in [0.05, 0.1) is 0 Å². The monoisotopic (exact) mass is 1780 g/mol. The van der Waals surface area contributed by atoms with Crippen LogP contribution in [0.3, 0.4) is 0 Å². The van der Waals surface area contributed by atoms with Crippen LogP contribution in [0.25, 0.3) is 89.7 Å². The highest BCUT2D eigenvalue weighted by Crippen LogP contribution is 2.51. The van der Waals surface area contributed by atoms with Crippen LogP contribution in [0, 0.1) is 0 Å². The Kier molecular flexibility index (Phi) is 52.3. The van der Waals surface area contributed by atoms with Crippen LogP contribution in [0.5, 0.6) is 0 Å². The molecule has 16 heteroatoms. The predicted octanol–water partition coefficient (Wildman–Crippen LogP) is 37.6. The number of aromatic amines is 2. The summed E-state index contributed by atoms with van der Waals surface area (Å²) in [5.74, 6) is 11.4. The third-order valence-electron chi connectivity index (χ3n) is 24.2. The van der Waals surface area contributed by atoms with E-state index in [0.29, 0.717) is 0 Å². The van der Waals surface area contributed by atoms with Crippen molar-refractivity contribution in [2.45, 2.75) is 454 Å². The molecular formula is C104H162N8S8. The molecule has 0 spiro atoms. The molecule has 2 aliphatic rings. The molecule has 8 bridgehead atoms. The molecule has 120 heavy (non-hydrogen) atoms. The minimum Gasteiger partial charge on any atom is -0.324 e. The first-order chi connectivity index (χ1) is 59.4. The van der Waals surface area contributed by atoms with Gasteiger partial charge >= 0.3 is 0 Å². The van der Waals surface area contributed by atoms with Gasteiger partial charge in [-0.3, -0.25) is 0 Å². The fourth-order valence-electron chi connectivity index (χ4n) is 17.0. The molecule has 0 saturated heterocycles. The predicted molar refractivity (Wildman–Crippen MR) is 546 cm³/mol. The van der Waals surface area contributed by atoms with Crippen molar-refractivity contribution in [2.75, 3.05) is 46.0 Å². The third-order valence-corrected chi connectivity index (χ3v) is 33.3. The summed E-state index contributed by atoms with van der Waals surface area (Å²) in [7, 11) is 0. The van der Waals surface area contributed by atoms with Crippen LogP contribution in [0.1, 0.15) is 415 Å². The Labute approximate surface area is 765 Å². The van der Waals surface area contributed by atoms with Crippen molar-refractivity contribution in [2.24, 2.45) is 0 Å². The van der Waals surface area contributed by atoms with Gasteiger partial charge < -0.3 is 9.97 Å². The number of thioether (sulfide) groups is 8. The van der Waals surface area contributed by atoms with Crippen LogP contribution in [0.4, 0.5) is 0 Å². The van der Waals surface area contributed by atoms with E-state index in [-0.39, 0.29) is 0 Å². The lowest BCUT2D eigenvalue weighted by atomic mass is 10.1. The maximum Gasteiger partial charge on any atom is 0.165 e. The van der Waals surface area contributed by atoms with Crippen LogP contribution in [-0.4, -0.2) is 85.9 Å². The summed E-state index contributed by atoms with van der Waals surface area (Å²) < 4.78 is 0. The molecule has 0 unspecified atom stereocenters. The van der Waals surface area contributed by atoms with E-state index in [1.807, 2.05) is 94.1 Å². The molecule has 7 aromatic rings. The van der Waals surface area contributed by atoms with E-state index in [0.717, 1.165) is 136 Å². The second kappa shape index (κ2) is 62.3. The molecule has 0 aliphatic carbocycles. The number of benzene rings is 4. The van der Waals surface area contributed by atoms with Gasteiger partial charge in [-0.1, -0.05) is 364 Å². The Morgan fingerprint density at radius 1 is 0.167 bits per heavy atom. The highest BCUT2D eigenvalue weighted by atomic mass is 32.2. The Hall–Kier alpha value is -2.96. The van der Waals surface area contributed by atoms with E-state index in [4.69, 9.17) is 29.9 Å². The van der Waals surface area contributed by atoms with E-state index in [1.165, 1.54) is 399 Å². The summed E-state index contributed by atoms with van der Waals surface area (Å²) in [6, 6.07) is 19.6. The zero-order valence-electron chi connectivity index (χ0n) is 76.8. The molecular weight excluding hydrogens is 1620 g/mol. The van der Waals surface area contributed by atoms with Crippen molar-refractivity contribution in [1.82, 2.24) is 39.9 Å². The van der Waals surface area contributed by atoms with Gasteiger partial charge in [-0.05, 0) is 146 Å². The number of H-pyrrole nitrogens is 2. The average molecular weight is 1780 g/mol. The maximum atomic E-state index is 6.19. The number of rotatable bonds is 72. The molecule has 2 N–H and O–H groups in total.